The van der Waals surface area contributed by atoms with Gasteiger partial charge in [0.15, 0.2) is 12.4 Å². The fourth-order valence-corrected chi connectivity index (χ4v) is 4.68. The van der Waals surface area contributed by atoms with Gasteiger partial charge in [-0.2, -0.15) is 0 Å². The van der Waals surface area contributed by atoms with Crippen molar-refractivity contribution in [2.24, 2.45) is 0 Å². The molecule has 36 heavy (non-hydrogen) atoms. The maximum absolute atomic E-state index is 14.5. The number of hydrogen-bond donors (Lipinski definition) is 1. The van der Waals surface area contributed by atoms with Gasteiger partial charge in [-0.25, -0.2) is 9.18 Å². The first kappa shape index (κ1) is 25.2. The van der Waals surface area contributed by atoms with Crippen molar-refractivity contribution in [3.63, 3.8) is 0 Å². The summed E-state index contributed by atoms with van der Waals surface area (Å²) in [6, 6.07) is 17.9. The van der Waals surface area contributed by atoms with Crippen LogP contribution in [0.3, 0.4) is 0 Å². The highest BCUT2D eigenvalue weighted by Gasteiger charge is 2.38. The number of carbonyl (C=O) groups excluding carboxylic acids is 2. The number of β-lactam (4-membered cyclic amide) rings is 1. The molecule has 1 N–H and O–H groups in total. The second-order valence-corrected chi connectivity index (χ2v) is 9.04. The number of hydrogen-bond acceptors (Lipinski definition) is 6. The number of halogens is 1. The molecule has 4 rings (SSSR count). The molecule has 1 aliphatic heterocycles. The zero-order valence-electron chi connectivity index (χ0n) is 19.5. The predicted octanol–water partition coefficient (Wildman–Crippen LogP) is 5.14. The summed E-state index contributed by atoms with van der Waals surface area (Å²) in [6.07, 6.45) is 0.297. The van der Waals surface area contributed by atoms with Crippen LogP contribution in [0, 0.1) is 5.82 Å². The van der Waals surface area contributed by atoms with E-state index in [9.17, 15) is 18.8 Å². The fraction of sp³-hybridized carbons (Fsp3) is 0.222. The van der Waals surface area contributed by atoms with Crippen LogP contribution in [0.4, 0.5) is 10.1 Å². The summed E-state index contributed by atoms with van der Waals surface area (Å²) in [7, 11) is 0. The second kappa shape index (κ2) is 11.3. The first-order chi connectivity index (χ1) is 17.4. The van der Waals surface area contributed by atoms with Crippen LogP contribution in [0.25, 0.3) is 0 Å². The minimum Gasteiger partial charge on any atom is -0.494 e. The first-order valence-corrected chi connectivity index (χ1v) is 12.3. The van der Waals surface area contributed by atoms with Gasteiger partial charge in [-0.1, -0.05) is 12.1 Å². The molecule has 186 valence electrons. The van der Waals surface area contributed by atoms with E-state index in [0.717, 1.165) is 17.3 Å². The van der Waals surface area contributed by atoms with Crippen molar-refractivity contribution in [3.05, 3.63) is 83.7 Å². The van der Waals surface area contributed by atoms with E-state index in [1.165, 1.54) is 6.07 Å². The molecule has 0 aliphatic carbocycles. The summed E-state index contributed by atoms with van der Waals surface area (Å²) >= 11 is 1.08. The zero-order chi connectivity index (χ0) is 25.7. The van der Waals surface area contributed by atoms with Gasteiger partial charge < -0.3 is 19.5 Å². The van der Waals surface area contributed by atoms with Crippen LogP contribution in [-0.2, 0) is 9.59 Å². The molecule has 0 radical (unpaired) electrons. The van der Waals surface area contributed by atoms with E-state index in [4.69, 9.17) is 14.6 Å². The number of nitrogens with zero attached hydrogens (tertiary/aromatic N) is 1. The number of carbonyl (C=O) groups is 3. The van der Waals surface area contributed by atoms with Crippen LogP contribution in [0.5, 0.6) is 11.5 Å². The average molecular weight is 510 g/mol. The zero-order valence-corrected chi connectivity index (χ0v) is 20.3. The smallest absolute Gasteiger partial charge is 0.341 e. The number of thioether (sulfide) groups is 1. The topological polar surface area (TPSA) is 93.1 Å². The number of benzene rings is 3. The molecular weight excluding hydrogens is 485 g/mol. The number of ether oxygens (including phenoxy) is 2. The van der Waals surface area contributed by atoms with Crippen LogP contribution >= 0.6 is 11.8 Å². The minimum absolute atomic E-state index is 0.0452. The third-order valence-corrected chi connectivity index (χ3v) is 6.64. The Balaban J connectivity index is 1.43. The molecule has 1 fully saturated rings. The van der Waals surface area contributed by atoms with Crippen molar-refractivity contribution in [2.45, 2.75) is 24.3 Å². The van der Waals surface area contributed by atoms with Crippen LogP contribution in [0.15, 0.2) is 71.6 Å². The Bertz CT molecular complexity index is 1260. The number of rotatable bonds is 11. The Labute approximate surface area is 211 Å². The van der Waals surface area contributed by atoms with Crippen molar-refractivity contribution in [3.8, 4) is 11.5 Å². The van der Waals surface area contributed by atoms with Gasteiger partial charge in [0.05, 0.1) is 24.8 Å². The molecule has 9 heteroatoms. The number of ketones is 1. The van der Waals surface area contributed by atoms with Gasteiger partial charge in [-0.3, -0.25) is 9.59 Å². The monoisotopic (exact) mass is 509 g/mol. The Morgan fingerprint density at radius 2 is 1.69 bits per heavy atom. The number of carboxylic acid groups (broad SMARTS) is 1. The van der Waals surface area contributed by atoms with E-state index in [1.54, 1.807) is 65.6 Å². The molecule has 3 aromatic carbocycles. The lowest BCUT2D eigenvalue weighted by Crippen LogP contribution is -2.46. The minimum atomic E-state index is -1.07. The van der Waals surface area contributed by atoms with Gasteiger partial charge in [0.25, 0.3) is 0 Å². The number of anilines is 1. The first-order valence-electron chi connectivity index (χ1n) is 11.3. The summed E-state index contributed by atoms with van der Waals surface area (Å²) in [4.78, 5) is 37.6. The molecule has 0 aromatic heterocycles. The van der Waals surface area contributed by atoms with E-state index in [-0.39, 0.29) is 28.4 Å². The Morgan fingerprint density at radius 3 is 2.33 bits per heavy atom. The van der Waals surface area contributed by atoms with Gasteiger partial charge in [0.1, 0.15) is 17.3 Å². The van der Waals surface area contributed by atoms with Crippen LogP contribution in [0.2, 0.25) is 0 Å². The van der Waals surface area contributed by atoms with Gasteiger partial charge >= 0.3 is 5.97 Å². The van der Waals surface area contributed by atoms with Gasteiger partial charge in [0, 0.05) is 16.1 Å². The van der Waals surface area contributed by atoms with Gasteiger partial charge in [-0.15, -0.1) is 11.8 Å². The molecule has 0 spiro atoms. The van der Waals surface area contributed by atoms with E-state index < -0.39 is 18.4 Å². The lowest BCUT2D eigenvalue weighted by Gasteiger charge is -2.41. The molecule has 0 saturated carbocycles. The molecule has 1 atom stereocenters. The maximum Gasteiger partial charge on any atom is 0.341 e. The standard InChI is InChI=1S/C27H24FNO6S/c1-2-34-20-10-5-18(6-11-20)24(30)16-36-25-13-19(7-12-22(25)28)29-23(14-26(29)31)17-3-8-21(9-4-17)35-15-27(32)33/h3-13,23H,2,14-16H2,1H3,(H,32,33). The van der Waals surface area contributed by atoms with Crippen LogP contribution < -0.4 is 14.4 Å². The predicted molar refractivity (Wildman–Crippen MR) is 133 cm³/mol. The van der Waals surface area contributed by atoms with Gasteiger partial charge in [-0.05, 0) is 67.1 Å². The van der Waals surface area contributed by atoms with Crippen LogP contribution in [0.1, 0.15) is 35.3 Å². The molecule has 3 aromatic rings. The highest BCUT2D eigenvalue weighted by atomic mass is 32.2. The van der Waals surface area contributed by atoms with E-state index >= 15 is 0 Å². The molecule has 0 bridgehead atoms. The second-order valence-electron chi connectivity index (χ2n) is 8.02. The van der Waals surface area contributed by atoms with Crippen molar-refractivity contribution in [1.29, 1.82) is 0 Å². The van der Waals surface area contributed by atoms with Crippen molar-refractivity contribution < 1.29 is 33.4 Å². The SMILES string of the molecule is CCOc1ccc(C(=O)CSc2cc(N3C(=O)CC3c3ccc(OCC(=O)O)cc3)ccc2F)cc1. The Morgan fingerprint density at radius 1 is 1.03 bits per heavy atom. The average Bonchev–Trinajstić information content (AvgIpc) is 2.87. The highest BCUT2D eigenvalue weighted by Crippen LogP contribution is 2.40. The Hall–Kier alpha value is -3.85. The normalized spacial score (nSPS) is 14.8. The summed E-state index contributed by atoms with van der Waals surface area (Å²) < 4.78 is 25.1. The summed E-state index contributed by atoms with van der Waals surface area (Å²) in [6.45, 7) is 1.97. The fourth-order valence-electron chi connectivity index (χ4n) is 3.82. The largest absolute Gasteiger partial charge is 0.494 e. The van der Waals surface area contributed by atoms with Crippen molar-refractivity contribution >= 4 is 35.1 Å². The highest BCUT2D eigenvalue weighted by molar-refractivity contribution is 8.00. The molecule has 7 nitrogen and oxygen atoms in total. The summed E-state index contributed by atoms with van der Waals surface area (Å²) in [5, 5.41) is 8.73. The molecule has 1 heterocycles. The quantitative estimate of drug-likeness (QED) is 0.217. The number of aliphatic carboxylic acids is 1. The van der Waals surface area contributed by atoms with Crippen molar-refractivity contribution in [2.75, 3.05) is 23.9 Å². The van der Waals surface area contributed by atoms with Crippen molar-refractivity contribution in [1.82, 2.24) is 0 Å². The molecule has 1 unspecified atom stereocenters. The molecule has 1 saturated heterocycles. The van der Waals surface area contributed by atoms with E-state index in [1.807, 2.05) is 6.92 Å². The lowest BCUT2D eigenvalue weighted by molar-refractivity contribution is -0.139. The maximum atomic E-state index is 14.5. The van der Waals surface area contributed by atoms with E-state index in [0.29, 0.717) is 35.8 Å². The van der Waals surface area contributed by atoms with E-state index in [2.05, 4.69) is 0 Å². The van der Waals surface area contributed by atoms with Crippen LogP contribution in [-0.4, -0.2) is 41.7 Å². The number of amides is 1. The van der Waals surface area contributed by atoms with Gasteiger partial charge in [0.2, 0.25) is 5.91 Å². The number of carboxylic acids is 1. The number of Topliss-reactive ketones (excluding diaryl/α,β-unsaturated/α-hetero) is 1. The molecular formula is C27H24FNO6S. The Kier molecular flexibility index (Phi) is 7.90. The molecule has 1 aliphatic rings. The summed E-state index contributed by atoms with van der Waals surface area (Å²) in [5.41, 5.74) is 1.90. The third kappa shape index (κ3) is 5.85. The third-order valence-electron chi connectivity index (χ3n) is 5.61. The lowest BCUT2D eigenvalue weighted by atomic mass is 9.93. The molecule has 1 amide bonds. The summed E-state index contributed by atoms with van der Waals surface area (Å²) in [5.74, 6) is -0.639.